The van der Waals surface area contributed by atoms with Crippen LogP contribution in [0.3, 0.4) is 0 Å². The van der Waals surface area contributed by atoms with Gasteiger partial charge in [-0.15, -0.1) is 0 Å². The summed E-state index contributed by atoms with van der Waals surface area (Å²) in [5, 5.41) is 5.62. The molecule has 0 radical (unpaired) electrons. The molecule has 0 heterocycles. The first kappa shape index (κ1) is 27.3. The topological polar surface area (TPSA) is 0 Å². The summed E-state index contributed by atoms with van der Waals surface area (Å²) >= 11 is -1.14. The molecule has 4 aliphatic carbocycles. The molecule has 0 saturated heterocycles. The van der Waals surface area contributed by atoms with E-state index in [1.807, 2.05) is 0 Å². The van der Waals surface area contributed by atoms with E-state index in [9.17, 15) is 0 Å². The summed E-state index contributed by atoms with van der Waals surface area (Å²) in [6, 6.07) is 32.7. The van der Waals surface area contributed by atoms with Crippen molar-refractivity contribution in [3.63, 3.8) is 0 Å². The third kappa shape index (κ3) is 3.60. The van der Waals surface area contributed by atoms with Crippen LogP contribution in [0, 0.1) is 0 Å². The van der Waals surface area contributed by atoms with Crippen LogP contribution in [0.5, 0.6) is 0 Å². The standard InChI is InChI=1S/2C20H13.2ClH.Zr/c2*1-12-10-14-8-9-16-15-6-2-4-13-5-3-7-17(19(13)15)20(16)18(14)11-12;;;/h2*2-7,9-10H,11H2,1H3;2*1H;/q;;;;+2/p-2. The fourth-order valence-corrected chi connectivity index (χ4v) is 11.8. The van der Waals surface area contributed by atoms with Crippen molar-refractivity contribution < 1.29 is 48.0 Å². The van der Waals surface area contributed by atoms with E-state index in [1.54, 1.807) is 17.7 Å². The van der Waals surface area contributed by atoms with Crippen molar-refractivity contribution >= 4 is 40.2 Å². The molecule has 0 bridgehead atoms. The SMILES string of the molecule is CC1=Cc2[c]([Zr+2][c]3cc4c(c5c3C=C(C)C5)-c3cccc5cccc-4c35)cc3c(c2C1)-c1cccc2cccc-3c12.[Cl-].[Cl-]. The third-order valence-corrected chi connectivity index (χ3v) is 13.2. The Labute approximate surface area is 275 Å². The van der Waals surface area contributed by atoms with Crippen molar-refractivity contribution in [2.24, 2.45) is 0 Å². The van der Waals surface area contributed by atoms with Gasteiger partial charge in [0.05, 0.1) is 0 Å². The van der Waals surface area contributed by atoms with Gasteiger partial charge in [0.2, 0.25) is 0 Å². The molecule has 4 aliphatic rings. The van der Waals surface area contributed by atoms with Crippen LogP contribution >= 0.6 is 0 Å². The average Bonchev–Trinajstić information content (AvgIpc) is 3.72. The minimum Gasteiger partial charge on any atom is -1.00 e. The van der Waals surface area contributed by atoms with Gasteiger partial charge < -0.3 is 24.8 Å². The van der Waals surface area contributed by atoms with Crippen LogP contribution in [0.25, 0.3) is 78.2 Å². The van der Waals surface area contributed by atoms with Gasteiger partial charge in [-0.05, 0) is 0 Å². The maximum atomic E-state index is 2.62. The van der Waals surface area contributed by atoms with E-state index in [-0.39, 0.29) is 24.8 Å². The molecule has 0 spiro atoms. The summed E-state index contributed by atoms with van der Waals surface area (Å²) in [5.41, 5.74) is 20.9. The second-order valence-electron chi connectivity index (χ2n) is 12.4. The molecule has 0 N–H and O–H groups in total. The van der Waals surface area contributed by atoms with E-state index in [0.717, 1.165) is 12.8 Å². The molecule has 6 aromatic rings. The van der Waals surface area contributed by atoms with Gasteiger partial charge in [0.1, 0.15) is 0 Å². The Kier molecular flexibility index (Phi) is 6.13. The van der Waals surface area contributed by atoms with Crippen LogP contribution in [0.2, 0.25) is 0 Å². The van der Waals surface area contributed by atoms with Gasteiger partial charge in [0.25, 0.3) is 0 Å². The summed E-state index contributed by atoms with van der Waals surface area (Å²) in [7, 11) is 0. The number of benzene rings is 6. The van der Waals surface area contributed by atoms with Gasteiger partial charge in [0.15, 0.2) is 0 Å². The number of halogens is 2. The molecular weight excluding hydrogens is 643 g/mol. The molecule has 0 aromatic heterocycles. The molecule has 204 valence electrons. The molecule has 10 rings (SSSR count). The second-order valence-corrected chi connectivity index (χ2v) is 15.6. The average molecular weight is 669 g/mol. The zero-order valence-corrected chi connectivity index (χ0v) is 27.9. The summed E-state index contributed by atoms with van der Waals surface area (Å²) in [6.45, 7) is 4.64. The van der Waals surface area contributed by atoms with E-state index in [1.165, 1.54) is 88.3 Å². The Balaban J connectivity index is 0.00000139. The zero-order chi connectivity index (χ0) is 27.0. The summed E-state index contributed by atoms with van der Waals surface area (Å²) in [6.07, 6.45) is 7.18. The summed E-state index contributed by atoms with van der Waals surface area (Å²) < 4.78 is 3.27. The largest absolute Gasteiger partial charge is 1.00 e. The van der Waals surface area contributed by atoms with Crippen LogP contribution in [0.4, 0.5) is 0 Å². The summed E-state index contributed by atoms with van der Waals surface area (Å²) in [4.78, 5) is 0. The predicted molar refractivity (Wildman–Crippen MR) is 171 cm³/mol. The van der Waals surface area contributed by atoms with Gasteiger partial charge in [-0.1, -0.05) is 0 Å². The van der Waals surface area contributed by atoms with Crippen molar-refractivity contribution in [3.8, 4) is 44.5 Å². The first-order valence-electron chi connectivity index (χ1n) is 14.7. The Morgan fingerprint density at radius 2 is 0.884 bits per heavy atom. The van der Waals surface area contributed by atoms with Crippen LogP contribution < -0.4 is 31.4 Å². The number of rotatable bonds is 2. The first-order valence-corrected chi connectivity index (χ1v) is 17.2. The maximum absolute atomic E-state index is 2.62. The number of hydrogen-bond donors (Lipinski definition) is 0. The first-order chi connectivity index (χ1) is 20.1. The molecule has 0 amide bonds. The van der Waals surface area contributed by atoms with Gasteiger partial charge in [-0.3, -0.25) is 0 Å². The smallest absolute Gasteiger partial charge is 1.00 e. The van der Waals surface area contributed by atoms with Crippen LogP contribution in [-0.4, -0.2) is 0 Å². The molecular formula is C40H26Cl2Zr. The predicted octanol–water partition coefficient (Wildman–Crippen LogP) is 3.25. The Hall–Kier alpha value is -3.22. The number of hydrogen-bond acceptors (Lipinski definition) is 0. The molecule has 0 saturated carbocycles. The molecule has 0 nitrogen and oxygen atoms in total. The van der Waals surface area contributed by atoms with E-state index >= 15 is 0 Å². The Bertz CT molecular complexity index is 2130. The van der Waals surface area contributed by atoms with Crippen molar-refractivity contribution in [2.45, 2.75) is 26.7 Å². The van der Waals surface area contributed by atoms with Crippen molar-refractivity contribution in [1.29, 1.82) is 0 Å². The van der Waals surface area contributed by atoms with Crippen molar-refractivity contribution in [1.82, 2.24) is 0 Å². The molecule has 0 aliphatic heterocycles. The van der Waals surface area contributed by atoms with E-state index in [0.29, 0.717) is 0 Å². The molecule has 43 heavy (non-hydrogen) atoms. The van der Waals surface area contributed by atoms with Crippen molar-refractivity contribution in [3.05, 3.63) is 118 Å². The third-order valence-electron chi connectivity index (χ3n) is 9.84. The number of allylic oxidation sites excluding steroid dienone is 2. The van der Waals surface area contributed by atoms with Gasteiger partial charge in [-0.2, -0.15) is 0 Å². The quantitative estimate of drug-likeness (QED) is 0.266. The van der Waals surface area contributed by atoms with E-state index in [4.69, 9.17) is 0 Å². The maximum Gasteiger partial charge on any atom is -1.00 e. The van der Waals surface area contributed by atoms with Crippen LogP contribution in [0.1, 0.15) is 36.1 Å². The molecule has 0 fully saturated rings. The van der Waals surface area contributed by atoms with Gasteiger partial charge in [0, 0.05) is 0 Å². The monoisotopic (exact) mass is 666 g/mol. The molecule has 6 aromatic carbocycles. The molecule has 3 heteroatoms. The normalized spacial score (nSPS) is 13.9. The Morgan fingerprint density at radius 3 is 1.30 bits per heavy atom. The molecule has 0 unspecified atom stereocenters. The van der Waals surface area contributed by atoms with Crippen LogP contribution in [0.15, 0.2) is 96.1 Å². The van der Waals surface area contributed by atoms with Crippen molar-refractivity contribution in [2.75, 3.05) is 0 Å². The van der Waals surface area contributed by atoms with Crippen LogP contribution in [-0.2, 0) is 36.1 Å². The summed E-state index contributed by atoms with van der Waals surface area (Å²) in [5.74, 6) is 0. The van der Waals surface area contributed by atoms with E-state index < -0.39 is 23.2 Å². The molecule has 0 atom stereocenters. The van der Waals surface area contributed by atoms with E-state index in [2.05, 4.69) is 111 Å². The number of fused-ring (bicyclic) bond motifs is 10. The van der Waals surface area contributed by atoms with Gasteiger partial charge in [-0.25, -0.2) is 0 Å². The van der Waals surface area contributed by atoms with Gasteiger partial charge >= 0.3 is 253 Å². The minimum atomic E-state index is -1.14. The fraction of sp³-hybridized carbons (Fsp3) is 0.100. The second kappa shape index (κ2) is 9.64. The minimum absolute atomic E-state index is 0. The fourth-order valence-electron chi connectivity index (χ4n) is 8.30. The zero-order valence-electron chi connectivity index (χ0n) is 23.9. The Morgan fingerprint density at radius 1 is 0.488 bits per heavy atom.